The number of aliphatic hydroxyl groups excluding tert-OH is 1. The zero-order valence-corrected chi connectivity index (χ0v) is 49.2. The summed E-state index contributed by atoms with van der Waals surface area (Å²) in [6.45, 7) is 14.7. The molecule has 4 aromatic carbocycles. The van der Waals surface area contributed by atoms with Crippen molar-refractivity contribution in [3.8, 4) is 17.2 Å². The van der Waals surface area contributed by atoms with Crippen molar-refractivity contribution < 1.29 is 46.8 Å². The van der Waals surface area contributed by atoms with E-state index in [0.29, 0.717) is 88.4 Å². The van der Waals surface area contributed by atoms with Crippen LogP contribution < -0.4 is 36.3 Å². The minimum absolute atomic E-state index is 0.103. The number of nitrogens with one attached hydrogen (secondary N) is 2. The number of sulfone groups is 1. The molecule has 80 heavy (non-hydrogen) atoms. The average Bonchev–Trinajstić information content (AvgIpc) is 3.46. The van der Waals surface area contributed by atoms with Gasteiger partial charge >= 0.3 is 12.1 Å². The maximum atomic E-state index is 12.1. The minimum Gasteiger partial charge on any atom is -0.495 e. The fourth-order valence-corrected chi connectivity index (χ4v) is 11.0. The number of nitrogens with two attached hydrogens (primary N) is 2. The van der Waals surface area contributed by atoms with Gasteiger partial charge < -0.3 is 60.7 Å². The van der Waals surface area contributed by atoms with Crippen molar-refractivity contribution >= 4 is 68.0 Å². The first-order valence-corrected chi connectivity index (χ1v) is 29.6. The predicted molar refractivity (Wildman–Crippen MR) is 317 cm³/mol. The number of para-hydroxylation sites is 1. The standard InChI is InChI=1S/C26H32ClN5O4S.C17H26N2O3.C16H24N2O3/c1-36-24-15-19(18-9-11-32(12-10-18)13-14-33)7-8-23(24)30-26-28-16-21(27)25(31-26)29-22-6-4-3-5-20(22)17-37(2,34)35;1-17(2,3)22-16(20)19-9-7-12(8-10-19)13-5-6-14(18)15(11-13)21-4;1-12(19)21-10-9-18-7-5-13(6-8-18)14-3-4-15(17)16(11-14)20-2/h3-8,15-16,18,33H,9-14,17H2,1-2H3,(H2,28,29,30,31);5-6,11-12H,7-10,18H2,1-4H3;3-4,11,13H,5-10,17H2,1-2H3. The van der Waals surface area contributed by atoms with E-state index >= 15 is 0 Å². The number of hydrogen-bond acceptors (Lipinski definition) is 18. The maximum Gasteiger partial charge on any atom is 0.410 e. The molecule has 8 rings (SSSR count). The molecule has 436 valence electrons. The zero-order chi connectivity index (χ0) is 58.0. The van der Waals surface area contributed by atoms with Crippen molar-refractivity contribution in [2.75, 3.05) is 115 Å². The zero-order valence-electron chi connectivity index (χ0n) is 47.6. The summed E-state index contributed by atoms with van der Waals surface area (Å²) < 4.78 is 50.3. The largest absolute Gasteiger partial charge is 0.495 e. The molecule has 1 aromatic heterocycles. The molecular weight excluding hydrogens is 1060 g/mol. The van der Waals surface area contributed by atoms with E-state index in [1.54, 1.807) is 44.4 Å². The van der Waals surface area contributed by atoms with Crippen LogP contribution in [-0.4, -0.2) is 149 Å². The molecule has 21 heteroatoms. The van der Waals surface area contributed by atoms with E-state index in [-0.39, 0.29) is 24.4 Å². The molecule has 0 atom stereocenters. The molecule has 4 heterocycles. The number of ether oxygens (including phenoxy) is 5. The van der Waals surface area contributed by atoms with Gasteiger partial charge in [0.15, 0.2) is 15.7 Å². The van der Waals surface area contributed by atoms with Crippen LogP contribution in [0, 0.1) is 0 Å². The third-order valence-corrected chi connectivity index (χ3v) is 15.4. The summed E-state index contributed by atoms with van der Waals surface area (Å²) in [5.74, 6) is 3.91. The van der Waals surface area contributed by atoms with Crippen molar-refractivity contribution in [1.29, 1.82) is 0 Å². The highest BCUT2D eigenvalue weighted by Crippen LogP contribution is 2.37. The van der Waals surface area contributed by atoms with Crippen molar-refractivity contribution in [1.82, 2.24) is 24.7 Å². The molecule has 3 fully saturated rings. The van der Waals surface area contributed by atoms with Gasteiger partial charge in [-0.05, 0) is 168 Å². The number of carbonyl (C=O) groups excluding carboxylic acids is 2. The normalized spacial score (nSPS) is 15.8. The van der Waals surface area contributed by atoms with E-state index < -0.39 is 15.4 Å². The lowest BCUT2D eigenvalue weighted by atomic mass is 9.89. The summed E-state index contributed by atoms with van der Waals surface area (Å²) in [5, 5.41) is 15.8. The summed E-state index contributed by atoms with van der Waals surface area (Å²) in [7, 11) is 1.68. The Morgan fingerprint density at radius 1 is 0.713 bits per heavy atom. The van der Waals surface area contributed by atoms with Gasteiger partial charge in [0.25, 0.3) is 0 Å². The fraction of sp³-hybridized carbons (Fsp3) is 0.492. The summed E-state index contributed by atoms with van der Waals surface area (Å²) in [6.07, 6.45) is 8.58. The molecular formula is C59H82ClN9O10S. The van der Waals surface area contributed by atoms with Crippen LogP contribution in [0.4, 0.5) is 39.3 Å². The van der Waals surface area contributed by atoms with Crippen molar-refractivity contribution in [3.63, 3.8) is 0 Å². The highest BCUT2D eigenvalue weighted by molar-refractivity contribution is 7.89. The number of aromatic nitrogens is 2. The van der Waals surface area contributed by atoms with Crippen LogP contribution in [-0.2, 0) is 29.9 Å². The number of esters is 1. The highest BCUT2D eigenvalue weighted by atomic mass is 35.5. The molecule has 1 amide bonds. The lowest BCUT2D eigenvalue weighted by Gasteiger charge is -2.33. The van der Waals surface area contributed by atoms with E-state index in [1.807, 2.05) is 63.2 Å². The molecule has 0 saturated carbocycles. The van der Waals surface area contributed by atoms with Gasteiger partial charge in [-0.1, -0.05) is 48.0 Å². The topological polar surface area (TPSA) is 246 Å². The number of anilines is 6. The molecule has 0 aliphatic carbocycles. The van der Waals surface area contributed by atoms with E-state index in [9.17, 15) is 23.1 Å². The smallest absolute Gasteiger partial charge is 0.410 e. The first-order valence-electron chi connectivity index (χ1n) is 27.2. The number of benzene rings is 4. The number of halogens is 1. The number of likely N-dealkylation sites (tertiary alicyclic amines) is 3. The Morgan fingerprint density at radius 2 is 1.21 bits per heavy atom. The van der Waals surface area contributed by atoms with Crippen molar-refractivity contribution in [2.24, 2.45) is 0 Å². The Balaban J connectivity index is 0.000000206. The van der Waals surface area contributed by atoms with Gasteiger partial charge in [-0.3, -0.25) is 9.69 Å². The molecule has 0 spiro atoms. The number of β-amino-alcohol motifs (C(OH)–C–C–N with tert-alkyl or cyclic N) is 1. The molecule has 7 N–H and O–H groups in total. The van der Waals surface area contributed by atoms with Crippen LogP contribution >= 0.6 is 11.6 Å². The number of aliphatic hydroxyl groups is 1. The number of nitrogens with zero attached hydrogens (tertiary/aromatic N) is 5. The molecule has 0 radical (unpaired) electrons. The Bertz CT molecular complexity index is 2920. The Morgan fingerprint density at radius 3 is 1.71 bits per heavy atom. The lowest BCUT2D eigenvalue weighted by Crippen LogP contribution is -2.41. The van der Waals surface area contributed by atoms with Gasteiger partial charge in [0, 0.05) is 45.0 Å². The van der Waals surface area contributed by atoms with Gasteiger partial charge in [-0.15, -0.1) is 0 Å². The SMILES string of the molecule is COc1cc(C2CCN(C(=O)OC(C)(C)C)CC2)ccc1N.COc1cc(C2CCN(CCO)CC2)ccc1Nc1ncc(Cl)c(Nc2ccccc2CS(C)(=O)=O)n1.COc1cc(C2CCN(CCOC(C)=O)CC2)ccc1N. The Labute approximate surface area is 477 Å². The monoisotopic (exact) mass is 1140 g/mol. The molecule has 3 aliphatic rings. The van der Waals surface area contributed by atoms with Gasteiger partial charge in [0.1, 0.15) is 34.5 Å². The average molecular weight is 1140 g/mol. The number of methoxy groups -OCH3 is 3. The van der Waals surface area contributed by atoms with Crippen LogP contribution in [0.15, 0.2) is 85.1 Å². The van der Waals surface area contributed by atoms with Gasteiger partial charge in [0.05, 0.1) is 56.9 Å². The third kappa shape index (κ3) is 19.3. The Hall–Kier alpha value is -6.58. The second-order valence-corrected chi connectivity index (χ2v) is 23.9. The summed E-state index contributed by atoms with van der Waals surface area (Å²) in [4.78, 5) is 38.0. The van der Waals surface area contributed by atoms with Gasteiger partial charge in [-0.25, -0.2) is 18.2 Å². The highest BCUT2D eigenvalue weighted by Gasteiger charge is 2.28. The Kier molecular flexibility index (Phi) is 23.3. The molecule has 0 unspecified atom stereocenters. The summed E-state index contributed by atoms with van der Waals surface area (Å²) >= 11 is 6.35. The van der Waals surface area contributed by atoms with Crippen molar-refractivity contribution in [3.05, 3.63) is 112 Å². The first-order chi connectivity index (χ1) is 38.1. The van der Waals surface area contributed by atoms with Crippen LogP contribution in [0.2, 0.25) is 5.02 Å². The predicted octanol–water partition coefficient (Wildman–Crippen LogP) is 9.75. The molecule has 5 aromatic rings. The van der Waals surface area contributed by atoms with E-state index in [2.05, 4.69) is 48.6 Å². The van der Waals surface area contributed by atoms with Crippen LogP contribution in [0.3, 0.4) is 0 Å². The van der Waals surface area contributed by atoms with E-state index in [4.69, 9.17) is 46.8 Å². The number of carbonyl (C=O) groups is 2. The van der Waals surface area contributed by atoms with E-state index in [0.717, 1.165) is 89.2 Å². The second-order valence-electron chi connectivity index (χ2n) is 21.4. The third-order valence-electron chi connectivity index (χ3n) is 14.3. The first kappa shape index (κ1) is 62.6. The van der Waals surface area contributed by atoms with Crippen LogP contribution in [0.1, 0.15) is 106 Å². The fourth-order valence-electron chi connectivity index (χ4n) is 10.0. The number of amides is 1. The number of hydrogen-bond donors (Lipinski definition) is 5. The second kappa shape index (κ2) is 29.8. The molecule has 19 nitrogen and oxygen atoms in total. The minimum atomic E-state index is -3.22. The van der Waals surface area contributed by atoms with Crippen molar-refractivity contribution in [2.45, 2.75) is 95.3 Å². The quantitative estimate of drug-likeness (QED) is 0.0429. The molecule has 0 bridgehead atoms. The maximum absolute atomic E-state index is 12.1. The van der Waals surface area contributed by atoms with Gasteiger partial charge in [0.2, 0.25) is 5.95 Å². The summed E-state index contributed by atoms with van der Waals surface area (Å²) in [6, 6.07) is 25.2. The number of rotatable bonds is 17. The van der Waals surface area contributed by atoms with Gasteiger partial charge in [-0.2, -0.15) is 4.98 Å². The molecule has 3 aliphatic heterocycles. The van der Waals surface area contributed by atoms with E-state index in [1.165, 1.54) is 36.1 Å². The summed E-state index contributed by atoms with van der Waals surface area (Å²) in [5.41, 5.74) is 18.3. The van der Waals surface area contributed by atoms with Crippen LogP contribution in [0.25, 0.3) is 0 Å². The number of piperidine rings is 3. The number of nitrogen functional groups attached to an aromatic ring is 2. The molecule has 3 saturated heterocycles. The lowest BCUT2D eigenvalue weighted by molar-refractivity contribution is -0.141. The van der Waals surface area contributed by atoms with Crippen LogP contribution in [0.5, 0.6) is 17.2 Å².